The van der Waals surface area contributed by atoms with Gasteiger partial charge in [-0.05, 0) is 51.5 Å². The van der Waals surface area contributed by atoms with Crippen LogP contribution in [0.15, 0.2) is 42.5 Å². The zero-order valence-electron chi connectivity index (χ0n) is 21.7. The minimum atomic E-state index is -0.932. The summed E-state index contributed by atoms with van der Waals surface area (Å²) >= 11 is 0. The number of hydrogen-bond donors (Lipinski definition) is 0. The summed E-state index contributed by atoms with van der Waals surface area (Å²) in [6.45, 7) is 6.44. The first-order chi connectivity index (χ1) is 17.3. The fourth-order valence-corrected chi connectivity index (χ4v) is 5.56. The Kier molecular flexibility index (Phi) is 9.34. The van der Waals surface area contributed by atoms with Crippen LogP contribution >= 0.6 is 0 Å². The molecule has 0 aromatic heterocycles. The molecule has 0 amide bonds. The summed E-state index contributed by atoms with van der Waals surface area (Å²) in [6.07, 6.45) is 6.61. The van der Waals surface area contributed by atoms with Crippen LogP contribution in [-0.4, -0.2) is 60.6 Å². The molecule has 0 radical (unpaired) electrons. The standard InChI is InChI=1S/C29H40O7/c1-20-15-16-27(34-21(2)30)29(3,36-20)28(33-19-22-10-5-4-6-11-22)18-26-23(31)12-7-8-13-24-25(35-26)14-9-17-32-24/h4-8,10-11,20,24-28H,9,12-19H2,1-3H3/b8-7-/t20-,24-,25+,26-,27-,28-,29-/m1/s1. The first-order valence-electron chi connectivity index (χ1n) is 13.3. The molecule has 7 nitrogen and oxygen atoms in total. The smallest absolute Gasteiger partial charge is 0.303 e. The van der Waals surface area contributed by atoms with E-state index in [0.717, 1.165) is 31.2 Å². The second-order valence-corrected chi connectivity index (χ2v) is 10.4. The number of benzene rings is 1. The maximum Gasteiger partial charge on any atom is 0.303 e. The van der Waals surface area contributed by atoms with E-state index in [2.05, 4.69) is 0 Å². The number of allylic oxidation sites excluding steroid dienone is 1. The second-order valence-electron chi connectivity index (χ2n) is 10.4. The summed E-state index contributed by atoms with van der Waals surface area (Å²) in [6, 6.07) is 9.91. The monoisotopic (exact) mass is 500 g/mol. The summed E-state index contributed by atoms with van der Waals surface area (Å²) < 4.78 is 31.2. The largest absolute Gasteiger partial charge is 0.459 e. The molecule has 0 bridgehead atoms. The van der Waals surface area contributed by atoms with E-state index in [1.54, 1.807) is 0 Å². The van der Waals surface area contributed by atoms with E-state index in [1.165, 1.54) is 6.92 Å². The number of carbonyl (C=O) groups is 2. The van der Waals surface area contributed by atoms with Crippen LogP contribution in [0.1, 0.15) is 71.3 Å². The average Bonchev–Trinajstić information content (AvgIpc) is 2.93. The topological polar surface area (TPSA) is 80.3 Å². The molecule has 3 aliphatic heterocycles. The quantitative estimate of drug-likeness (QED) is 0.396. The van der Waals surface area contributed by atoms with Gasteiger partial charge in [0.05, 0.1) is 31.0 Å². The zero-order chi connectivity index (χ0) is 25.5. The normalized spacial score (nSPS) is 35.0. The van der Waals surface area contributed by atoms with Crippen molar-refractivity contribution >= 4 is 11.8 Å². The number of ether oxygens (including phenoxy) is 5. The highest BCUT2D eigenvalue weighted by Gasteiger charge is 2.50. The Morgan fingerprint density at radius 1 is 1.14 bits per heavy atom. The van der Waals surface area contributed by atoms with Crippen LogP contribution in [0.2, 0.25) is 0 Å². The highest BCUT2D eigenvalue weighted by atomic mass is 16.6. The lowest BCUT2D eigenvalue weighted by molar-refractivity contribution is -0.247. The number of ketones is 1. The van der Waals surface area contributed by atoms with E-state index >= 15 is 0 Å². The molecule has 1 aromatic rings. The van der Waals surface area contributed by atoms with Crippen molar-refractivity contribution in [1.82, 2.24) is 0 Å². The molecule has 0 unspecified atom stereocenters. The molecule has 7 atom stereocenters. The van der Waals surface area contributed by atoms with Crippen molar-refractivity contribution < 1.29 is 33.3 Å². The maximum absolute atomic E-state index is 13.3. The lowest BCUT2D eigenvalue weighted by atomic mass is 9.82. The molecule has 0 N–H and O–H groups in total. The van der Waals surface area contributed by atoms with Gasteiger partial charge in [0.2, 0.25) is 0 Å². The summed E-state index contributed by atoms with van der Waals surface area (Å²) in [4.78, 5) is 25.3. The van der Waals surface area contributed by atoms with Crippen molar-refractivity contribution in [3.8, 4) is 0 Å². The van der Waals surface area contributed by atoms with Crippen LogP contribution in [-0.2, 0) is 39.9 Å². The van der Waals surface area contributed by atoms with Gasteiger partial charge in [0.25, 0.3) is 0 Å². The molecule has 2 fully saturated rings. The minimum absolute atomic E-state index is 0.0160. The molecule has 0 aliphatic carbocycles. The van der Waals surface area contributed by atoms with Crippen molar-refractivity contribution in [3.63, 3.8) is 0 Å². The maximum atomic E-state index is 13.3. The molecule has 1 aromatic carbocycles. The number of fused-ring (bicyclic) bond motifs is 1. The van der Waals surface area contributed by atoms with Crippen molar-refractivity contribution in [1.29, 1.82) is 0 Å². The van der Waals surface area contributed by atoms with Crippen molar-refractivity contribution in [2.75, 3.05) is 6.61 Å². The van der Waals surface area contributed by atoms with Gasteiger partial charge in [-0.2, -0.15) is 0 Å². The fourth-order valence-electron chi connectivity index (χ4n) is 5.56. The number of rotatable bonds is 7. The van der Waals surface area contributed by atoms with Crippen LogP contribution < -0.4 is 0 Å². The first kappa shape index (κ1) is 27.0. The summed E-state index contributed by atoms with van der Waals surface area (Å²) in [7, 11) is 0. The number of Topliss-reactive ketones (excluding diaryl/α,β-unsaturated/α-hetero) is 1. The number of carbonyl (C=O) groups excluding carboxylic acids is 2. The Labute approximate surface area is 214 Å². The van der Waals surface area contributed by atoms with Crippen LogP contribution in [0.3, 0.4) is 0 Å². The summed E-state index contributed by atoms with van der Waals surface area (Å²) in [5, 5.41) is 0. The molecule has 198 valence electrons. The molecular formula is C29H40O7. The number of esters is 1. The molecule has 3 aliphatic rings. The van der Waals surface area contributed by atoms with Crippen LogP contribution in [0.4, 0.5) is 0 Å². The Balaban J connectivity index is 1.61. The van der Waals surface area contributed by atoms with Crippen LogP contribution in [0.25, 0.3) is 0 Å². The van der Waals surface area contributed by atoms with Crippen LogP contribution in [0.5, 0.6) is 0 Å². The summed E-state index contributed by atoms with van der Waals surface area (Å²) in [5.74, 6) is -0.337. The van der Waals surface area contributed by atoms with E-state index in [0.29, 0.717) is 32.5 Å². The van der Waals surface area contributed by atoms with Gasteiger partial charge in [-0.15, -0.1) is 0 Å². The highest BCUT2D eigenvalue weighted by Crippen LogP contribution is 2.38. The first-order valence-corrected chi connectivity index (χ1v) is 13.3. The van der Waals surface area contributed by atoms with Gasteiger partial charge in [-0.3, -0.25) is 9.59 Å². The predicted molar refractivity (Wildman–Crippen MR) is 134 cm³/mol. The van der Waals surface area contributed by atoms with E-state index in [-0.39, 0.29) is 30.1 Å². The van der Waals surface area contributed by atoms with Gasteiger partial charge < -0.3 is 23.7 Å². The fraction of sp³-hybridized carbons (Fsp3) is 0.655. The van der Waals surface area contributed by atoms with Crippen LogP contribution in [0, 0.1) is 0 Å². The van der Waals surface area contributed by atoms with Gasteiger partial charge >= 0.3 is 5.97 Å². The molecule has 2 saturated heterocycles. The molecule has 0 spiro atoms. The lowest BCUT2D eigenvalue weighted by Crippen LogP contribution is -2.59. The van der Waals surface area contributed by atoms with Crippen molar-refractivity contribution in [3.05, 3.63) is 48.0 Å². The van der Waals surface area contributed by atoms with E-state index in [1.807, 2.05) is 56.3 Å². The van der Waals surface area contributed by atoms with Gasteiger partial charge in [-0.1, -0.05) is 42.5 Å². The third kappa shape index (κ3) is 6.82. The molecule has 4 rings (SSSR count). The second kappa shape index (κ2) is 12.5. The third-order valence-electron chi connectivity index (χ3n) is 7.53. The van der Waals surface area contributed by atoms with Gasteiger partial charge in [-0.25, -0.2) is 0 Å². The van der Waals surface area contributed by atoms with Crippen molar-refractivity contribution in [2.45, 2.75) is 115 Å². The average molecular weight is 501 g/mol. The Morgan fingerprint density at radius 2 is 1.94 bits per heavy atom. The molecular weight excluding hydrogens is 460 g/mol. The Hall–Kier alpha value is -2.06. The minimum Gasteiger partial charge on any atom is -0.459 e. The molecule has 7 heteroatoms. The van der Waals surface area contributed by atoms with E-state index in [9.17, 15) is 9.59 Å². The molecule has 36 heavy (non-hydrogen) atoms. The highest BCUT2D eigenvalue weighted by molar-refractivity contribution is 5.84. The van der Waals surface area contributed by atoms with E-state index in [4.69, 9.17) is 23.7 Å². The van der Waals surface area contributed by atoms with Gasteiger partial charge in [0, 0.05) is 26.4 Å². The zero-order valence-corrected chi connectivity index (χ0v) is 21.7. The number of hydrogen-bond acceptors (Lipinski definition) is 7. The van der Waals surface area contributed by atoms with Gasteiger partial charge in [0.15, 0.2) is 5.78 Å². The Bertz CT molecular complexity index is 900. The van der Waals surface area contributed by atoms with E-state index < -0.39 is 23.9 Å². The Morgan fingerprint density at radius 3 is 2.72 bits per heavy atom. The third-order valence-corrected chi connectivity index (χ3v) is 7.53. The molecule has 0 saturated carbocycles. The van der Waals surface area contributed by atoms with Gasteiger partial charge in [0.1, 0.15) is 17.8 Å². The molecule has 3 heterocycles. The SMILES string of the molecule is CC(=O)O[C@@H]1CC[C@@H](C)O[C@@]1(C)[C@@H](C[C@H]1O[C@H]2CCCO[C@@H]2C/C=C\CC1=O)OCc1ccccc1. The summed E-state index contributed by atoms with van der Waals surface area (Å²) in [5.41, 5.74) is 0.0859. The lowest BCUT2D eigenvalue weighted by Gasteiger charge is -2.48. The predicted octanol–water partition coefficient (Wildman–Crippen LogP) is 4.70. The van der Waals surface area contributed by atoms with Crippen molar-refractivity contribution in [2.24, 2.45) is 0 Å².